The third kappa shape index (κ3) is 3.80. The van der Waals surface area contributed by atoms with Crippen LogP contribution in [0.25, 0.3) is 33.9 Å². The lowest BCUT2D eigenvalue weighted by atomic mass is 10.0. The van der Waals surface area contributed by atoms with Gasteiger partial charge in [0.1, 0.15) is 5.82 Å². The number of benzene rings is 3. The van der Waals surface area contributed by atoms with Crippen molar-refractivity contribution in [2.75, 3.05) is 25.6 Å². The molecule has 0 aliphatic carbocycles. The highest BCUT2D eigenvalue weighted by atomic mass is 16.3. The molecule has 0 spiro atoms. The van der Waals surface area contributed by atoms with E-state index in [1.807, 2.05) is 50.5 Å². The summed E-state index contributed by atoms with van der Waals surface area (Å²) in [6.07, 6.45) is 0. The van der Waals surface area contributed by atoms with E-state index in [0.717, 1.165) is 39.6 Å². The molecule has 0 aliphatic rings. The summed E-state index contributed by atoms with van der Waals surface area (Å²) < 4.78 is 2.13. The van der Waals surface area contributed by atoms with E-state index in [0.29, 0.717) is 6.54 Å². The summed E-state index contributed by atoms with van der Waals surface area (Å²) in [4.78, 5) is 7.14. The maximum absolute atomic E-state index is 9.80. The number of rotatable bonds is 6. The first-order chi connectivity index (χ1) is 14.2. The van der Waals surface area contributed by atoms with Gasteiger partial charge in [0.05, 0.1) is 18.0 Å². The van der Waals surface area contributed by atoms with Crippen molar-refractivity contribution in [1.29, 1.82) is 0 Å². The van der Waals surface area contributed by atoms with Crippen LogP contribution in [0.3, 0.4) is 0 Å². The predicted octanol–water partition coefficient (Wildman–Crippen LogP) is 4.94. The van der Waals surface area contributed by atoms with Gasteiger partial charge < -0.3 is 14.6 Å². The highest BCUT2D eigenvalue weighted by Crippen LogP contribution is 2.36. The zero-order valence-electron chi connectivity index (χ0n) is 16.8. The fourth-order valence-electron chi connectivity index (χ4n) is 3.59. The number of aliphatic hydroxyl groups excluding tert-OH is 1. The molecular formula is C25H25N3O. The van der Waals surface area contributed by atoms with E-state index in [9.17, 15) is 5.11 Å². The molecule has 29 heavy (non-hydrogen) atoms. The van der Waals surface area contributed by atoms with E-state index >= 15 is 0 Å². The minimum absolute atomic E-state index is 0.0488. The fourth-order valence-corrected chi connectivity index (χ4v) is 3.59. The lowest BCUT2D eigenvalue weighted by Gasteiger charge is -2.14. The number of hydrogen-bond acceptors (Lipinski definition) is 3. The van der Waals surface area contributed by atoms with E-state index in [4.69, 9.17) is 4.98 Å². The smallest absolute Gasteiger partial charge is 0.141 e. The monoisotopic (exact) mass is 383 g/mol. The quantitative estimate of drug-likeness (QED) is 0.513. The van der Waals surface area contributed by atoms with Gasteiger partial charge in [0.25, 0.3) is 0 Å². The number of anilines is 1. The third-order valence-corrected chi connectivity index (χ3v) is 5.03. The molecular weight excluding hydrogens is 358 g/mol. The van der Waals surface area contributed by atoms with Crippen molar-refractivity contribution < 1.29 is 5.11 Å². The summed E-state index contributed by atoms with van der Waals surface area (Å²) in [6, 6.07) is 28.9. The van der Waals surface area contributed by atoms with Crippen LogP contribution in [0.5, 0.6) is 0 Å². The Morgan fingerprint density at radius 3 is 1.90 bits per heavy atom. The molecule has 0 radical (unpaired) electrons. The maximum Gasteiger partial charge on any atom is 0.141 e. The summed E-state index contributed by atoms with van der Waals surface area (Å²) in [7, 11) is 4.06. The predicted molar refractivity (Wildman–Crippen MR) is 120 cm³/mol. The maximum atomic E-state index is 9.80. The molecule has 0 saturated heterocycles. The van der Waals surface area contributed by atoms with Crippen LogP contribution in [0, 0.1) is 0 Å². The first kappa shape index (κ1) is 19.0. The van der Waals surface area contributed by atoms with Crippen molar-refractivity contribution >= 4 is 5.69 Å². The second kappa shape index (κ2) is 8.33. The SMILES string of the molecule is CN(C)c1ccc(-c2nc(-c3ccccc3)c(-c3ccccc3)n2CCO)cc1. The van der Waals surface area contributed by atoms with Gasteiger partial charge in [-0.25, -0.2) is 4.98 Å². The Hall–Kier alpha value is -3.37. The zero-order chi connectivity index (χ0) is 20.2. The van der Waals surface area contributed by atoms with Gasteiger partial charge in [-0.2, -0.15) is 0 Å². The topological polar surface area (TPSA) is 41.3 Å². The van der Waals surface area contributed by atoms with E-state index in [2.05, 4.69) is 58.0 Å². The summed E-state index contributed by atoms with van der Waals surface area (Å²) in [5.41, 5.74) is 6.27. The highest BCUT2D eigenvalue weighted by molar-refractivity contribution is 5.82. The van der Waals surface area contributed by atoms with Gasteiger partial charge in [-0.15, -0.1) is 0 Å². The Balaban J connectivity index is 1.95. The molecule has 4 nitrogen and oxygen atoms in total. The van der Waals surface area contributed by atoms with Crippen molar-refractivity contribution in [1.82, 2.24) is 9.55 Å². The van der Waals surface area contributed by atoms with Gasteiger partial charge in [-0.1, -0.05) is 60.7 Å². The molecule has 0 amide bonds. The second-order valence-corrected chi connectivity index (χ2v) is 7.18. The fraction of sp³-hybridized carbons (Fsp3) is 0.160. The van der Waals surface area contributed by atoms with Gasteiger partial charge in [0, 0.05) is 43.0 Å². The number of imidazole rings is 1. The number of aromatic nitrogens is 2. The number of aliphatic hydroxyl groups is 1. The zero-order valence-corrected chi connectivity index (χ0v) is 16.8. The summed E-state index contributed by atoms with van der Waals surface area (Å²) in [5.74, 6) is 0.863. The van der Waals surface area contributed by atoms with E-state index in [1.165, 1.54) is 0 Å². The molecule has 4 aromatic rings. The Kier molecular flexibility index (Phi) is 5.45. The Bertz CT molecular complexity index is 1070. The molecule has 1 N–H and O–H groups in total. The molecule has 146 valence electrons. The molecule has 0 aliphatic heterocycles. The van der Waals surface area contributed by atoms with Crippen molar-refractivity contribution in [3.8, 4) is 33.9 Å². The van der Waals surface area contributed by atoms with E-state index in [1.54, 1.807) is 0 Å². The molecule has 1 aromatic heterocycles. The van der Waals surface area contributed by atoms with Gasteiger partial charge in [-0.05, 0) is 24.3 Å². The van der Waals surface area contributed by atoms with Gasteiger partial charge >= 0.3 is 0 Å². The van der Waals surface area contributed by atoms with Crippen molar-refractivity contribution in [2.45, 2.75) is 6.54 Å². The van der Waals surface area contributed by atoms with Crippen LogP contribution >= 0.6 is 0 Å². The Morgan fingerprint density at radius 2 is 1.34 bits per heavy atom. The second-order valence-electron chi connectivity index (χ2n) is 7.18. The minimum Gasteiger partial charge on any atom is -0.395 e. The third-order valence-electron chi connectivity index (χ3n) is 5.03. The normalized spacial score (nSPS) is 10.9. The van der Waals surface area contributed by atoms with Crippen LogP contribution in [0.1, 0.15) is 0 Å². The summed E-state index contributed by atoms with van der Waals surface area (Å²) >= 11 is 0. The molecule has 4 rings (SSSR count). The van der Waals surface area contributed by atoms with E-state index < -0.39 is 0 Å². The number of nitrogens with zero attached hydrogens (tertiary/aromatic N) is 3. The van der Waals surface area contributed by atoms with Crippen LogP contribution in [0.15, 0.2) is 84.9 Å². The molecule has 0 bridgehead atoms. The lowest BCUT2D eigenvalue weighted by Crippen LogP contribution is -2.08. The minimum atomic E-state index is 0.0488. The Morgan fingerprint density at radius 1 is 0.759 bits per heavy atom. The largest absolute Gasteiger partial charge is 0.395 e. The molecule has 0 atom stereocenters. The van der Waals surface area contributed by atoms with Gasteiger partial charge in [-0.3, -0.25) is 0 Å². The van der Waals surface area contributed by atoms with Crippen LogP contribution in [0.4, 0.5) is 5.69 Å². The molecule has 0 saturated carbocycles. The van der Waals surface area contributed by atoms with Gasteiger partial charge in [0.2, 0.25) is 0 Å². The molecule has 3 aromatic carbocycles. The van der Waals surface area contributed by atoms with Crippen molar-refractivity contribution in [2.24, 2.45) is 0 Å². The summed E-state index contributed by atoms with van der Waals surface area (Å²) in [5, 5.41) is 9.80. The molecule has 0 unspecified atom stereocenters. The average Bonchev–Trinajstić information content (AvgIpc) is 3.14. The highest BCUT2D eigenvalue weighted by Gasteiger charge is 2.20. The van der Waals surface area contributed by atoms with Crippen LogP contribution < -0.4 is 4.90 Å². The van der Waals surface area contributed by atoms with Crippen molar-refractivity contribution in [3.05, 3.63) is 84.9 Å². The lowest BCUT2D eigenvalue weighted by molar-refractivity contribution is 0.277. The first-order valence-electron chi connectivity index (χ1n) is 9.79. The van der Waals surface area contributed by atoms with Crippen LogP contribution in [-0.4, -0.2) is 35.4 Å². The molecule has 0 fully saturated rings. The van der Waals surface area contributed by atoms with Crippen LogP contribution in [-0.2, 0) is 6.54 Å². The molecule has 1 heterocycles. The molecule has 4 heteroatoms. The van der Waals surface area contributed by atoms with Crippen molar-refractivity contribution in [3.63, 3.8) is 0 Å². The summed E-state index contributed by atoms with van der Waals surface area (Å²) in [6.45, 7) is 0.530. The van der Waals surface area contributed by atoms with Gasteiger partial charge in [0.15, 0.2) is 0 Å². The average molecular weight is 383 g/mol. The first-order valence-corrected chi connectivity index (χ1v) is 9.79. The van der Waals surface area contributed by atoms with E-state index in [-0.39, 0.29) is 6.61 Å². The van der Waals surface area contributed by atoms with Crippen LogP contribution in [0.2, 0.25) is 0 Å². The Labute approximate surface area is 171 Å². The number of hydrogen-bond donors (Lipinski definition) is 1. The standard InChI is InChI=1S/C25H25N3O/c1-27(2)22-15-13-21(14-16-22)25-26-23(19-9-5-3-6-10-19)24(28(25)17-18-29)20-11-7-4-8-12-20/h3-16,29H,17-18H2,1-2H3.